The SMILES string of the molecule is CC1CN(S(=O)(=O)c2ccc(C(=O)O)cc2)CCN1C. The van der Waals surface area contributed by atoms with Crippen molar-refractivity contribution < 1.29 is 18.3 Å². The van der Waals surface area contributed by atoms with Crippen molar-refractivity contribution in [2.45, 2.75) is 17.9 Å². The molecule has 0 radical (unpaired) electrons. The fourth-order valence-electron chi connectivity index (χ4n) is 2.15. The van der Waals surface area contributed by atoms with E-state index in [2.05, 4.69) is 4.90 Å². The van der Waals surface area contributed by atoms with Gasteiger partial charge in [0.15, 0.2) is 0 Å². The van der Waals surface area contributed by atoms with Crippen LogP contribution in [0.1, 0.15) is 17.3 Å². The minimum Gasteiger partial charge on any atom is -0.478 e. The van der Waals surface area contributed by atoms with Gasteiger partial charge in [-0.05, 0) is 38.2 Å². The second kappa shape index (κ2) is 5.51. The van der Waals surface area contributed by atoms with Crippen molar-refractivity contribution in [1.82, 2.24) is 9.21 Å². The Kier molecular flexibility index (Phi) is 4.12. The highest BCUT2D eigenvalue weighted by molar-refractivity contribution is 7.89. The Morgan fingerprint density at radius 2 is 1.85 bits per heavy atom. The predicted octanol–water partition coefficient (Wildman–Crippen LogP) is 0.709. The van der Waals surface area contributed by atoms with E-state index in [0.29, 0.717) is 19.6 Å². The average Bonchev–Trinajstić information content (AvgIpc) is 2.41. The van der Waals surface area contributed by atoms with Gasteiger partial charge in [-0.15, -0.1) is 0 Å². The van der Waals surface area contributed by atoms with E-state index in [-0.39, 0.29) is 16.5 Å². The van der Waals surface area contributed by atoms with Crippen molar-refractivity contribution in [2.75, 3.05) is 26.7 Å². The summed E-state index contributed by atoms with van der Waals surface area (Å²) in [6, 6.07) is 5.49. The molecule has 1 aromatic rings. The van der Waals surface area contributed by atoms with E-state index >= 15 is 0 Å². The highest BCUT2D eigenvalue weighted by Crippen LogP contribution is 2.19. The molecule has 1 heterocycles. The summed E-state index contributed by atoms with van der Waals surface area (Å²) in [7, 11) is -1.58. The minimum atomic E-state index is -3.55. The Labute approximate surface area is 118 Å². The van der Waals surface area contributed by atoms with E-state index < -0.39 is 16.0 Å². The van der Waals surface area contributed by atoms with Crippen molar-refractivity contribution in [1.29, 1.82) is 0 Å². The van der Waals surface area contributed by atoms with E-state index in [0.717, 1.165) is 0 Å². The molecule has 1 fully saturated rings. The van der Waals surface area contributed by atoms with Gasteiger partial charge in [0.25, 0.3) is 0 Å². The number of rotatable bonds is 3. The molecular formula is C13H18N2O4S. The summed E-state index contributed by atoms with van der Waals surface area (Å²) in [6.45, 7) is 3.56. The molecule has 1 unspecified atom stereocenters. The molecule has 1 aromatic carbocycles. The van der Waals surface area contributed by atoms with Crippen molar-refractivity contribution in [3.05, 3.63) is 29.8 Å². The monoisotopic (exact) mass is 298 g/mol. The quantitative estimate of drug-likeness (QED) is 0.889. The molecule has 1 atom stereocenters. The second-order valence-corrected chi connectivity index (χ2v) is 6.96. The van der Waals surface area contributed by atoms with Crippen LogP contribution in [0.2, 0.25) is 0 Å². The number of benzene rings is 1. The third kappa shape index (κ3) is 2.84. The summed E-state index contributed by atoms with van der Waals surface area (Å²) in [5.41, 5.74) is 0.0793. The number of likely N-dealkylation sites (N-methyl/N-ethyl adjacent to an activating group) is 1. The standard InChI is InChI=1S/C13H18N2O4S/c1-10-9-15(8-7-14(10)2)20(18,19)12-5-3-11(4-6-12)13(16)17/h3-6,10H,7-9H2,1-2H3,(H,16,17). The Morgan fingerprint density at radius 1 is 1.25 bits per heavy atom. The van der Waals surface area contributed by atoms with Crippen molar-refractivity contribution in [3.8, 4) is 0 Å². The molecule has 0 saturated carbocycles. The largest absolute Gasteiger partial charge is 0.478 e. The van der Waals surface area contributed by atoms with Gasteiger partial charge in [0.2, 0.25) is 10.0 Å². The first-order chi connectivity index (χ1) is 9.32. The molecule has 0 aliphatic carbocycles. The minimum absolute atomic E-state index is 0.0793. The number of carboxylic acid groups (broad SMARTS) is 1. The molecule has 1 aliphatic rings. The van der Waals surface area contributed by atoms with Gasteiger partial charge >= 0.3 is 5.97 Å². The molecule has 0 amide bonds. The van der Waals surface area contributed by atoms with Gasteiger partial charge in [0.1, 0.15) is 0 Å². The Morgan fingerprint density at radius 3 is 2.35 bits per heavy atom. The molecule has 110 valence electrons. The number of aromatic carboxylic acids is 1. The van der Waals surface area contributed by atoms with Gasteiger partial charge in [0, 0.05) is 25.7 Å². The second-order valence-electron chi connectivity index (χ2n) is 5.02. The van der Waals surface area contributed by atoms with Crippen molar-refractivity contribution in [2.24, 2.45) is 0 Å². The van der Waals surface area contributed by atoms with Crippen molar-refractivity contribution >= 4 is 16.0 Å². The number of hydrogen-bond donors (Lipinski definition) is 1. The highest BCUT2D eigenvalue weighted by atomic mass is 32.2. The lowest BCUT2D eigenvalue weighted by molar-refractivity contribution is 0.0696. The molecule has 1 N–H and O–H groups in total. The Bertz CT molecular complexity index is 597. The van der Waals surface area contributed by atoms with E-state index in [1.54, 1.807) is 0 Å². The number of hydrogen-bond acceptors (Lipinski definition) is 4. The lowest BCUT2D eigenvalue weighted by Gasteiger charge is -2.36. The zero-order valence-corrected chi connectivity index (χ0v) is 12.3. The molecule has 0 bridgehead atoms. The number of carboxylic acids is 1. The van der Waals surface area contributed by atoms with Crippen LogP contribution in [0.15, 0.2) is 29.2 Å². The molecule has 2 rings (SSSR count). The first kappa shape index (κ1) is 15.0. The van der Waals surface area contributed by atoms with Crippen LogP contribution in [-0.4, -0.2) is 61.4 Å². The lowest BCUT2D eigenvalue weighted by Crippen LogP contribution is -2.51. The maximum absolute atomic E-state index is 12.5. The molecule has 7 heteroatoms. The molecule has 20 heavy (non-hydrogen) atoms. The van der Waals surface area contributed by atoms with E-state index in [4.69, 9.17) is 5.11 Å². The summed E-state index contributed by atoms with van der Waals surface area (Å²) in [6.07, 6.45) is 0. The van der Waals surface area contributed by atoms with E-state index in [1.165, 1.54) is 28.6 Å². The van der Waals surface area contributed by atoms with Crippen LogP contribution in [0, 0.1) is 0 Å². The van der Waals surface area contributed by atoms with Gasteiger partial charge < -0.3 is 10.0 Å². The van der Waals surface area contributed by atoms with Crippen LogP contribution in [0.4, 0.5) is 0 Å². The third-order valence-electron chi connectivity index (χ3n) is 3.66. The van der Waals surface area contributed by atoms with Crippen LogP contribution in [0.25, 0.3) is 0 Å². The van der Waals surface area contributed by atoms with Gasteiger partial charge in [-0.1, -0.05) is 0 Å². The zero-order valence-electron chi connectivity index (χ0n) is 11.5. The summed E-state index contributed by atoms with van der Waals surface area (Å²) in [5, 5.41) is 8.83. The van der Waals surface area contributed by atoms with Gasteiger partial charge in [-0.3, -0.25) is 0 Å². The molecular weight excluding hydrogens is 280 g/mol. The Balaban J connectivity index is 2.24. The molecule has 0 spiro atoms. The smallest absolute Gasteiger partial charge is 0.335 e. The van der Waals surface area contributed by atoms with E-state index in [1.807, 2.05) is 14.0 Å². The zero-order chi connectivity index (χ0) is 14.9. The first-order valence-electron chi connectivity index (χ1n) is 6.36. The van der Waals surface area contributed by atoms with Crippen LogP contribution < -0.4 is 0 Å². The fraction of sp³-hybridized carbons (Fsp3) is 0.462. The van der Waals surface area contributed by atoms with Gasteiger partial charge in [-0.25, -0.2) is 13.2 Å². The van der Waals surface area contributed by atoms with Crippen LogP contribution in [-0.2, 0) is 10.0 Å². The van der Waals surface area contributed by atoms with Gasteiger partial charge in [0.05, 0.1) is 10.5 Å². The number of piperazine rings is 1. The summed E-state index contributed by atoms with van der Waals surface area (Å²) in [4.78, 5) is 13.0. The normalized spacial score (nSPS) is 21.8. The number of nitrogens with zero attached hydrogens (tertiary/aromatic N) is 2. The summed E-state index contributed by atoms with van der Waals surface area (Å²) in [5.74, 6) is -1.07. The molecule has 0 aromatic heterocycles. The maximum Gasteiger partial charge on any atom is 0.335 e. The van der Waals surface area contributed by atoms with Crippen molar-refractivity contribution in [3.63, 3.8) is 0 Å². The first-order valence-corrected chi connectivity index (χ1v) is 7.80. The molecule has 1 saturated heterocycles. The summed E-state index contributed by atoms with van der Waals surface area (Å²) >= 11 is 0. The third-order valence-corrected chi connectivity index (χ3v) is 5.54. The Hall–Kier alpha value is -1.44. The predicted molar refractivity (Wildman–Crippen MR) is 74.3 cm³/mol. The average molecular weight is 298 g/mol. The van der Waals surface area contributed by atoms with Crippen LogP contribution >= 0.6 is 0 Å². The highest BCUT2D eigenvalue weighted by Gasteiger charge is 2.30. The molecule has 6 nitrogen and oxygen atoms in total. The van der Waals surface area contributed by atoms with E-state index in [9.17, 15) is 13.2 Å². The number of sulfonamides is 1. The maximum atomic E-state index is 12.5. The van der Waals surface area contributed by atoms with Gasteiger partial charge in [-0.2, -0.15) is 4.31 Å². The topological polar surface area (TPSA) is 77.9 Å². The lowest BCUT2D eigenvalue weighted by atomic mass is 10.2. The molecule has 1 aliphatic heterocycles. The van der Waals surface area contributed by atoms with Crippen LogP contribution in [0.5, 0.6) is 0 Å². The number of carbonyl (C=O) groups is 1. The fourth-order valence-corrected chi connectivity index (χ4v) is 3.66. The van der Waals surface area contributed by atoms with Crippen LogP contribution in [0.3, 0.4) is 0 Å². The summed E-state index contributed by atoms with van der Waals surface area (Å²) < 4.78 is 26.4.